The van der Waals surface area contributed by atoms with Crippen molar-refractivity contribution in [2.75, 3.05) is 6.54 Å². The minimum Gasteiger partial charge on any atom is -0.356 e. The van der Waals surface area contributed by atoms with Gasteiger partial charge in [-0.3, -0.25) is 9.59 Å². The third-order valence-electron chi connectivity index (χ3n) is 4.56. The molecular formula is C22H24N2O2. The summed E-state index contributed by atoms with van der Waals surface area (Å²) in [5.74, 6) is 0.0124. The summed E-state index contributed by atoms with van der Waals surface area (Å²) in [6, 6.07) is 16.1. The van der Waals surface area contributed by atoms with Crippen LogP contribution in [0.2, 0.25) is 0 Å². The first-order chi connectivity index (χ1) is 12.5. The van der Waals surface area contributed by atoms with Crippen LogP contribution in [0.15, 0.2) is 53.3 Å². The highest BCUT2D eigenvalue weighted by Crippen LogP contribution is 2.13. The number of hydrogen-bond donors (Lipinski definition) is 2. The molecule has 1 amide bonds. The van der Waals surface area contributed by atoms with E-state index in [0.29, 0.717) is 24.9 Å². The summed E-state index contributed by atoms with van der Waals surface area (Å²) in [7, 11) is 0. The molecule has 0 fully saturated rings. The molecular weight excluding hydrogens is 324 g/mol. The molecule has 0 aliphatic rings. The van der Waals surface area contributed by atoms with Crippen LogP contribution < -0.4 is 10.9 Å². The van der Waals surface area contributed by atoms with Crippen molar-refractivity contribution >= 4 is 16.8 Å². The number of aryl methyl sites for hydroxylation is 3. The van der Waals surface area contributed by atoms with E-state index in [9.17, 15) is 9.59 Å². The molecule has 0 bridgehead atoms. The van der Waals surface area contributed by atoms with E-state index in [1.54, 1.807) is 0 Å². The summed E-state index contributed by atoms with van der Waals surface area (Å²) in [5.41, 5.74) is 4.95. The quantitative estimate of drug-likeness (QED) is 0.717. The van der Waals surface area contributed by atoms with Crippen LogP contribution in [0.25, 0.3) is 10.9 Å². The van der Waals surface area contributed by atoms with E-state index in [2.05, 4.69) is 34.6 Å². The number of aromatic amines is 1. The van der Waals surface area contributed by atoms with Crippen LogP contribution in [0.3, 0.4) is 0 Å². The van der Waals surface area contributed by atoms with Crippen LogP contribution >= 0.6 is 0 Å². The van der Waals surface area contributed by atoms with Gasteiger partial charge in [0.05, 0.1) is 0 Å². The van der Waals surface area contributed by atoms with Crippen molar-refractivity contribution in [2.45, 2.75) is 33.1 Å². The standard InChI is InChI=1S/C22H24N2O2/c1-15-3-6-17(7-4-15)8-10-21(25)23-12-11-19-14-18-9-5-16(2)13-20(18)24-22(19)26/h3-7,9,13-14H,8,10-12H2,1-2H3,(H,23,25)(H,24,26). The molecule has 1 aromatic heterocycles. The average Bonchev–Trinajstić information content (AvgIpc) is 2.62. The Morgan fingerprint density at radius 2 is 1.69 bits per heavy atom. The van der Waals surface area contributed by atoms with Crippen molar-refractivity contribution < 1.29 is 4.79 Å². The molecule has 0 radical (unpaired) electrons. The number of nitrogens with one attached hydrogen (secondary N) is 2. The van der Waals surface area contributed by atoms with E-state index in [1.807, 2.05) is 38.1 Å². The third kappa shape index (κ3) is 4.60. The van der Waals surface area contributed by atoms with Gasteiger partial charge >= 0.3 is 0 Å². The highest BCUT2D eigenvalue weighted by molar-refractivity contribution is 5.79. The van der Waals surface area contributed by atoms with Gasteiger partial charge in [-0.05, 0) is 55.3 Å². The Balaban J connectivity index is 1.52. The monoisotopic (exact) mass is 348 g/mol. The highest BCUT2D eigenvalue weighted by Gasteiger charge is 2.06. The number of hydrogen-bond acceptors (Lipinski definition) is 2. The van der Waals surface area contributed by atoms with Crippen LogP contribution in [0.5, 0.6) is 0 Å². The molecule has 0 aliphatic carbocycles. The van der Waals surface area contributed by atoms with Crippen LogP contribution in [0, 0.1) is 13.8 Å². The second kappa shape index (κ2) is 8.00. The maximum atomic E-state index is 12.2. The lowest BCUT2D eigenvalue weighted by atomic mass is 10.1. The largest absolute Gasteiger partial charge is 0.356 e. The number of benzene rings is 2. The molecule has 0 saturated heterocycles. The fourth-order valence-electron chi connectivity index (χ4n) is 2.98. The van der Waals surface area contributed by atoms with E-state index >= 15 is 0 Å². The molecule has 0 spiro atoms. The molecule has 3 aromatic rings. The minimum atomic E-state index is -0.0861. The lowest BCUT2D eigenvalue weighted by Gasteiger charge is -2.07. The lowest BCUT2D eigenvalue weighted by molar-refractivity contribution is -0.121. The van der Waals surface area contributed by atoms with Gasteiger partial charge in [-0.2, -0.15) is 0 Å². The van der Waals surface area contributed by atoms with Crippen LogP contribution in [-0.2, 0) is 17.6 Å². The average molecular weight is 348 g/mol. The van der Waals surface area contributed by atoms with E-state index < -0.39 is 0 Å². The Kier molecular flexibility index (Phi) is 5.52. The number of fused-ring (bicyclic) bond motifs is 1. The molecule has 0 unspecified atom stereocenters. The van der Waals surface area contributed by atoms with Crippen molar-refractivity contribution in [2.24, 2.45) is 0 Å². The number of H-pyrrole nitrogens is 1. The smallest absolute Gasteiger partial charge is 0.251 e. The van der Waals surface area contributed by atoms with Gasteiger partial charge in [0.25, 0.3) is 5.56 Å². The Labute approximate surface area is 153 Å². The second-order valence-corrected chi connectivity index (χ2v) is 6.80. The lowest BCUT2D eigenvalue weighted by Crippen LogP contribution is -2.27. The molecule has 4 heteroatoms. The highest BCUT2D eigenvalue weighted by atomic mass is 16.1. The zero-order valence-electron chi connectivity index (χ0n) is 15.3. The molecule has 1 heterocycles. The van der Waals surface area contributed by atoms with Gasteiger partial charge in [0.15, 0.2) is 0 Å². The summed E-state index contributed by atoms with van der Waals surface area (Å²) in [6.07, 6.45) is 1.70. The topological polar surface area (TPSA) is 62.0 Å². The molecule has 0 atom stereocenters. The van der Waals surface area contributed by atoms with Crippen LogP contribution in [-0.4, -0.2) is 17.4 Å². The maximum Gasteiger partial charge on any atom is 0.251 e. The molecule has 26 heavy (non-hydrogen) atoms. The first kappa shape index (κ1) is 17.9. The number of amides is 1. The van der Waals surface area contributed by atoms with Crippen molar-refractivity contribution in [3.8, 4) is 0 Å². The SMILES string of the molecule is Cc1ccc(CCC(=O)NCCc2cc3ccc(C)cc3[nH]c2=O)cc1. The zero-order chi connectivity index (χ0) is 18.5. The molecule has 2 N–H and O–H groups in total. The van der Waals surface area contributed by atoms with Crippen LogP contribution in [0.1, 0.15) is 28.7 Å². The second-order valence-electron chi connectivity index (χ2n) is 6.80. The first-order valence-corrected chi connectivity index (χ1v) is 8.96. The molecule has 3 rings (SSSR count). The summed E-state index contributed by atoms with van der Waals surface area (Å²) in [4.78, 5) is 27.1. The summed E-state index contributed by atoms with van der Waals surface area (Å²) in [5, 5.41) is 3.92. The van der Waals surface area contributed by atoms with E-state index in [4.69, 9.17) is 0 Å². The fraction of sp³-hybridized carbons (Fsp3) is 0.273. The Morgan fingerprint density at radius 3 is 2.46 bits per heavy atom. The molecule has 0 saturated carbocycles. The number of carbonyl (C=O) groups excluding carboxylic acids is 1. The molecule has 134 valence electrons. The van der Waals surface area contributed by atoms with E-state index in [-0.39, 0.29) is 11.5 Å². The first-order valence-electron chi connectivity index (χ1n) is 8.96. The Bertz CT molecular complexity index is 972. The zero-order valence-corrected chi connectivity index (χ0v) is 15.3. The molecule has 0 aliphatic heterocycles. The Hall–Kier alpha value is -2.88. The van der Waals surface area contributed by atoms with Gasteiger partial charge in [0.1, 0.15) is 0 Å². The number of pyridine rings is 1. The Morgan fingerprint density at radius 1 is 0.962 bits per heavy atom. The summed E-state index contributed by atoms with van der Waals surface area (Å²) >= 11 is 0. The normalized spacial score (nSPS) is 10.8. The van der Waals surface area contributed by atoms with E-state index in [1.165, 1.54) is 5.56 Å². The number of carbonyl (C=O) groups is 1. The van der Waals surface area contributed by atoms with Gasteiger partial charge in [-0.1, -0.05) is 42.0 Å². The van der Waals surface area contributed by atoms with Gasteiger partial charge in [0.2, 0.25) is 5.91 Å². The van der Waals surface area contributed by atoms with Crippen molar-refractivity contribution in [3.63, 3.8) is 0 Å². The van der Waals surface area contributed by atoms with Gasteiger partial charge in [-0.15, -0.1) is 0 Å². The predicted octanol–water partition coefficient (Wildman–Crippen LogP) is 3.44. The number of aromatic nitrogens is 1. The maximum absolute atomic E-state index is 12.2. The van der Waals surface area contributed by atoms with Gasteiger partial charge in [-0.25, -0.2) is 0 Å². The summed E-state index contributed by atoms with van der Waals surface area (Å²) in [6.45, 7) is 4.51. The molecule has 4 nitrogen and oxygen atoms in total. The molecule has 2 aromatic carbocycles. The van der Waals surface area contributed by atoms with Crippen molar-refractivity contribution in [1.82, 2.24) is 10.3 Å². The third-order valence-corrected chi connectivity index (χ3v) is 4.56. The predicted molar refractivity (Wildman–Crippen MR) is 106 cm³/mol. The number of rotatable bonds is 6. The van der Waals surface area contributed by atoms with E-state index in [0.717, 1.165) is 28.5 Å². The van der Waals surface area contributed by atoms with Gasteiger partial charge in [0, 0.05) is 24.0 Å². The fourth-order valence-corrected chi connectivity index (χ4v) is 2.98. The van der Waals surface area contributed by atoms with Crippen molar-refractivity contribution in [1.29, 1.82) is 0 Å². The van der Waals surface area contributed by atoms with Crippen molar-refractivity contribution in [3.05, 3.63) is 81.1 Å². The van der Waals surface area contributed by atoms with Crippen LogP contribution in [0.4, 0.5) is 0 Å². The summed E-state index contributed by atoms with van der Waals surface area (Å²) < 4.78 is 0. The minimum absolute atomic E-state index is 0.0124. The van der Waals surface area contributed by atoms with Gasteiger partial charge < -0.3 is 10.3 Å².